The van der Waals surface area contributed by atoms with E-state index in [2.05, 4.69) is 4.72 Å². The van der Waals surface area contributed by atoms with Crippen LogP contribution < -0.4 is 10.5 Å². The number of nitrogens with two attached hydrogens (primary N) is 1. The molecule has 2 aromatic carbocycles. The fourth-order valence-electron chi connectivity index (χ4n) is 5.06. The zero-order chi connectivity index (χ0) is 24.6. The smallest absolute Gasteiger partial charge is 0.241 e. The molecule has 184 valence electrons. The van der Waals surface area contributed by atoms with Crippen LogP contribution in [0.25, 0.3) is 0 Å². The quantitative estimate of drug-likeness (QED) is 0.453. The minimum atomic E-state index is -3.97. The number of hydrogen-bond acceptors (Lipinski definition) is 4. The van der Waals surface area contributed by atoms with Gasteiger partial charge < -0.3 is 10.6 Å². The van der Waals surface area contributed by atoms with E-state index in [-0.39, 0.29) is 40.8 Å². The standard InChI is InChI=1S/C23H25F4N3O3S/c24-15-1-5-18(6-2-15)34(32,33)29-12-23(31)30-16-3-4-17(30)8-14(7-16)22(28)10-13-9-20(26)21(27)11-19(13)25/h1-2,5-6,9,11,14,16-17,22,29H,3-4,7-8,10,12,28H2/t14?,16?,17?,22-/m1/s1. The average Bonchev–Trinajstić information content (AvgIpc) is 3.05. The largest absolute Gasteiger partial charge is 0.336 e. The van der Waals surface area contributed by atoms with Gasteiger partial charge >= 0.3 is 0 Å². The Morgan fingerprint density at radius 3 is 2.21 bits per heavy atom. The van der Waals surface area contributed by atoms with Gasteiger partial charge in [-0.05, 0) is 73.9 Å². The third kappa shape index (κ3) is 5.11. The lowest BCUT2D eigenvalue weighted by Crippen LogP contribution is -2.52. The molecule has 6 nitrogen and oxygen atoms in total. The minimum Gasteiger partial charge on any atom is -0.336 e. The molecule has 2 aliphatic heterocycles. The molecule has 2 bridgehead atoms. The number of fused-ring (bicyclic) bond motifs is 2. The number of benzene rings is 2. The summed E-state index contributed by atoms with van der Waals surface area (Å²) < 4.78 is 80.8. The Hall–Kier alpha value is -2.50. The van der Waals surface area contributed by atoms with Gasteiger partial charge in [0, 0.05) is 24.2 Å². The Morgan fingerprint density at radius 2 is 1.59 bits per heavy atom. The molecule has 2 unspecified atom stereocenters. The molecule has 2 saturated heterocycles. The van der Waals surface area contributed by atoms with Gasteiger partial charge in [0.25, 0.3) is 0 Å². The van der Waals surface area contributed by atoms with Crippen LogP contribution in [0.4, 0.5) is 17.6 Å². The number of halogens is 4. The van der Waals surface area contributed by atoms with Crippen LogP contribution in [0.5, 0.6) is 0 Å². The number of nitrogens with one attached hydrogen (secondary N) is 1. The van der Waals surface area contributed by atoms with Gasteiger partial charge in [0.05, 0.1) is 11.4 Å². The maximum Gasteiger partial charge on any atom is 0.241 e. The second kappa shape index (κ2) is 9.63. The number of amides is 1. The van der Waals surface area contributed by atoms with Crippen molar-refractivity contribution in [3.05, 3.63) is 65.2 Å². The third-order valence-corrected chi connectivity index (χ3v) is 8.16. The Labute approximate surface area is 195 Å². The van der Waals surface area contributed by atoms with Gasteiger partial charge in [-0.15, -0.1) is 0 Å². The Balaban J connectivity index is 1.36. The highest BCUT2D eigenvalue weighted by molar-refractivity contribution is 7.89. The number of carbonyl (C=O) groups excluding carboxylic acids is 1. The van der Waals surface area contributed by atoms with Crippen molar-refractivity contribution in [1.29, 1.82) is 0 Å². The summed E-state index contributed by atoms with van der Waals surface area (Å²) in [6.45, 7) is -0.427. The van der Waals surface area contributed by atoms with Crippen molar-refractivity contribution in [3.63, 3.8) is 0 Å². The van der Waals surface area contributed by atoms with E-state index < -0.39 is 45.9 Å². The number of nitrogens with zero attached hydrogens (tertiary/aromatic N) is 1. The molecule has 2 aliphatic rings. The molecule has 4 rings (SSSR count). The van der Waals surface area contributed by atoms with Gasteiger partial charge in [-0.2, -0.15) is 0 Å². The fourth-order valence-corrected chi connectivity index (χ4v) is 6.04. The van der Waals surface area contributed by atoms with Gasteiger partial charge in [0.15, 0.2) is 11.6 Å². The summed E-state index contributed by atoms with van der Waals surface area (Å²) in [7, 11) is -3.97. The van der Waals surface area contributed by atoms with Crippen LogP contribution in [0.3, 0.4) is 0 Å². The van der Waals surface area contributed by atoms with E-state index in [1.165, 1.54) is 0 Å². The highest BCUT2D eigenvalue weighted by Gasteiger charge is 2.44. The van der Waals surface area contributed by atoms with E-state index in [0.29, 0.717) is 18.9 Å². The summed E-state index contributed by atoms with van der Waals surface area (Å²) in [5, 5.41) is 0. The predicted molar refractivity (Wildman–Crippen MR) is 116 cm³/mol. The topological polar surface area (TPSA) is 92.5 Å². The molecule has 0 aromatic heterocycles. The minimum absolute atomic E-state index is 0.00690. The second-order valence-electron chi connectivity index (χ2n) is 8.92. The third-order valence-electron chi connectivity index (χ3n) is 6.75. The van der Waals surface area contributed by atoms with Crippen LogP contribution in [-0.2, 0) is 21.2 Å². The van der Waals surface area contributed by atoms with Crippen molar-refractivity contribution in [2.75, 3.05) is 6.54 Å². The van der Waals surface area contributed by atoms with Gasteiger partial charge in [-0.25, -0.2) is 30.7 Å². The molecule has 1 amide bonds. The number of sulfonamides is 1. The van der Waals surface area contributed by atoms with Crippen LogP contribution in [-0.4, -0.2) is 43.9 Å². The Morgan fingerprint density at radius 1 is 1.00 bits per heavy atom. The summed E-state index contributed by atoms with van der Waals surface area (Å²) in [5.74, 6) is -4.22. The number of carbonyl (C=O) groups is 1. The van der Waals surface area contributed by atoms with E-state index in [1.807, 2.05) is 0 Å². The van der Waals surface area contributed by atoms with Crippen molar-refractivity contribution in [3.8, 4) is 0 Å². The number of hydrogen-bond donors (Lipinski definition) is 2. The molecule has 11 heteroatoms. The molecular weight excluding hydrogens is 474 g/mol. The summed E-state index contributed by atoms with van der Waals surface area (Å²) in [6.07, 6.45) is 2.63. The lowest BCUT2D eigenvalue weighted by molar-refractivity contribution is -0.135. The van der Waals surface area contributed by atoms with Crippen LogP contribution in [0, 0.1) is 29.2 Å². The van der Waals surface area contributed by atoms with Crippen LogP contribution in [0.2, 0.25) is 0 Å². The average molecular weight is 500 g/mol. The Bertz CT molecular complexity index is 1160. The highest BCUT2D eigenvalue weighted by Crippen LogP contribution is 2.40. The molecule has 2 heterocycles. The highest BCUT2D eigenvalue weighted by atomic mass is 32.2. The fraction of sp³-hybridized carbons (Fsp3) is 0.435. The molecule has 0 saturated carbocycles. The first-order chi connectivity index (χ1) is 16.0. The molecule has 0 radical (unpaired) electrons. The maximum absolute atomic E-state index is 14.0. The molecule has 2 aromatic rings. The molecule has 2 fully saturated rings. The summed E-state index contributed by atoms with van der Waals surface area (Å²) in [5.41, 5.74) is 6.30. The first-order valence-corrected chi connectivity index (χ1v) is 12.5. The zero-order valence-corrected chi connectivity index (χ0v) is 19.0. The van der Waals surface area contributed by atoms with E-state index in [4.69, 9.17) is 5.73 Å². The van der Waals surface area contributed by atoms with Crippen molar-refractivity contribution < 1.29 is 30.8 Å². The number of rotatable bonds is 7. The van der Waals surface area contributed by atoms with Crippen molar-refractivity contribution in [1.82, 2.24) is 9.62 Å². The van der Waals surface area contributed by atoms with Crippen molar-refractivity contribution in [2.24, 2.45) is 11.7 Å². The number of piperidine rings is 1. The second-order valence-corrected chi connectivity index (χ2v) is 10.7. The predicted octanol–water partition coefficient (Wildman–Crippen LogP) is 2.86. The molecule has 3 N–H and O–H groups in total. The van der Waals surface area contributed by atoms with Crippen molar-refractivity contribution in [2.45, 2.75) is 55.1 Å². The maximum atomic E-state index is 14.0. The normalized spacial score (nSPS) is 23.2. The van der Waals surface area contributed by atoms with E-state index in [0.717, 1.165) is 43.2 Å². The van der Waals surface area contributed by atoms with Gasteiger partial charge in [0.1, 0.15) is 11.6 Å². The van der Waals surface area contributed by atoms with Gasteiger partial charge in [-0.3, -0.25) is 4.79 Å². The zero-order valence-electron chi connectivity index (χ0n) is 18.2. The van der Waals surface area contributed by atoms with Crippen LogP contribution in [0.15, 0.2) is 41.3 Å². The summed E-state index contributed by atoms with van der Waals surface area (Å²) in [4.78, 5) is 14.4. The lowest BCUT2D eigenvalue weighted by atomic mass is 9.82. The molecule has 0 aliphatic carbocycles. The summed E-state index contributed by atoms with van der Waals surface area (Å²) >= 11 is 0. The van der Waals surface area contributed by atoms with Crippen LogP contribution >= 0.6 is 0 Å². The van der Waals surface area contributed by atoms with E-state index in [1.54, 1.807) is 4.90 Å². The van der Waals surface area contributed by atoms with E-state index >= 15 is 0 Å². The van der Waals surface area contributed by atoms with E-state index in [9.17, 15) is 30.8 Å². The first kappa shape index (κ1) is 24.6. The van der Waals surface area contributed by atoms with Gasteiger partial charge in [-0.1, -0.05) is 0 Å². The lowest BCUT2D eigenvalue weighted by Gasteiger charge is -2.41. The first-order valence-electron chi connectivity index (χ1n) is 11.0. The molecule has 3 atom stereocenters. The van der Waals surface area contributed by atoms with Crippen LogP contribution in [0.1, 0.15) is 31.2 Å². The Kier molecular flexibility index (Phi) is 6.97. The SMILES string of the molecule is N[C@H](Cc1cc(F)c(F)cc1F)C1CC2CCC(C1)N2C(=O)CNS(=O)(=O)c1ccc(F)cc1. The molecular formula is C23H25F4N3O3S. The monoisotopic (exact) mass is 499 g/mol. The van der Waals surface area contributed by atoms with Crippen molar-refractivity contribution >= 4 is 15.9 Å². The van der Waals surface area contributed by atoms with Gasteiger partial charge in [0.2, 0.25) is 15.9 Å². The summed E-state index contributed by atoms with van der Waals surface area (Å²) in [6, 6.07) is 4.86. The molecule has 34 heavy (non-hydrogen) atoms. The molecule has 0 spiro atoms.